The van der Waals surface area contributed by atoms with Crippen molar-refractivity contribution in [3.05, 3.63) is 45.8 Å². The molecule has 3 aromatic rings. The fourth-order valence-electron chi connectivity index (χ4n) is 5.26. The third-order valence-corrected chi connectivity index (χ3v) is 9.19. The molecule has 5 heterocycles. The molecule has 248 valence electrons. The van der Waals surface area contributed by atoms with Crippen LogP contribution in [0.5, 0.6) is 0 Å². The molecule has 6 N–H and O–H groups in total. The van der Waals surface area contributed by atoms with E-state index in [0.29, 0.717) is 24.1 Å². The fourth-order valence-corrected chi connectivity index (χ4v) is 6.84. The first-order valence-corrected chi connectivity index (χ1v) is 15.8. The van der Waals surface area contributed by atoms with Gasteiger partial charge in [-0.3, -0.25) is 28.0 Å². The van der Waals surface area contributed by atoms with Crippen LogP contribution in [-0.4, -0.2) is 122 Å². The van der Waals surface area contributed by atoms with Crippen molar-refractivity contribution in [3.8, 4) is 0 Å². The molecule has 8 atom stereocenters. The molecule has 2 aliphatic heterocycles. The lowest BCUT2D eigenvalue weighted by Gasteiger charge is -2.26. The quantitative estimate of drug-likeness (QED) is 0.0986. The predicted octanol–water partition coefficient (Wildman–Crippen LogP) is -1.44. The number of aromatic amines is 1. The number of aliphatic hydroxyl groups excluding tert-OH is 2. The number of nitrogens with zero attached hydrogens (tertiary/aromatic N) is 6. The van der Waals surface area contributed by atoms with Crippen LogP contribution in [0, 0.1) is 0 Å². The molecule has 2 fully saturated rings. The number of H-pyrrole nitrogens is 1. The van der Waals surface area contributed by atoms with E-state index in [-0.39, 0.29) is 18.8 Å². The molecule has 1 unspecified atom stereocenters. The lowest BCUT2D eigenvalue weighted by molar-refractivity contribution is -0.0634. The van der Waals surface area contributed by atoms with E-state index in [2.05, 4.69) is 25.0 Å². The molecule has 0 aliphatic carbocycles. The summed E-state index contributed by atoms with van der Waals surface area (Å²) in [6.45, 7) is 0.0791. The summed E-state index contributed by atoms with van der Waals surface area (Å²) in [6, 6.07) is 1.14. The number of hydrogen-bond donors (Lipinski definition) is 5. The van der Waals surface area contributed by atoms with Crippen LogP contribution in [0.3, 0.4) is 0 Å². The predicted molar refractivity (Wildman–Crippen MR) is 157 cm³/mol. The number of nitrogens with two attached hydrogens (primary N) is 1. The van der Waals surface area contributed by atoms with E-state index < -0.39 is 75.2 Å². The number of aromatic nitrogens is 6. The summed E-state index contributed by atoms with van der Waals surface area (Å²) in [6.07, 6.45) is -2.21. The monoisotopic (exact) mass is 655 g/mol. The van der Waals surface area contributed by atoms with Gasteiger partial charge in [-0.1, -0.05) is 0 Å². The van der Waals surface area contributed by atoms with Gasteiger partial charge < -0.3 is 35.1 Å². The Morgan fingerprint density at radius 1 is 1.22 bits per heavy atom. The zero-order chi connectivity index (χ0) is 32.3. The highest BCUT2D eigenvalue weighted by molar-refractivity contribution is 7.51. The maximum atomic E-state index is 14.2. The lowest BCUT2D eigenvalue weighted by atomic mass is 10.1. The zero-order valence-corrected chi connectivity index (χ0v) is 25.9. The fraction of sp³-hybridized carbons (Fsp3) is 0.640. The maximum Gasteiger partial charge on any atom is 0.405 e. The average molecular weight is 656 g/mol. The molecule has 0 aromatic carbocycles. The zero-order valence-electron chi connectivity index (χ0n) is 25.0. The van der Waals surface area contributed by atoms with Gasteiger partial charge in [0.1, 0.15) is 48.6 Å². The Morgan fingerprint density at radius 3 is 2.73 bits per heavy atom. The minimum atomic E-state index is -4.13. The molecule has 0 radical (unpaired) electrons. The maximum absolute atomic E-state index is 14.2. The number of hydrogen-bond acceptors (Lipinski definition) is 15. The number of anilines is 1. The van der Waals surface area contributed by atoms with Crippen molar-refractivity contribution >= 4 is 24.7 Å². The number of ether oxygens (including phenoxy) is 3. The second-order valence-corrected chi connectivity index (χ2v) is 12.7. The van der Waals surface area contributed by atoms with Crippen molar-refractivity contribution in [2.45, 2.75) is 55.8 Å². The Bertz CT molecular complexity index is 1620. The summed E-state index contributed by atoms with van der Waals surface area (Å²) in [7, 11) is 1.01. The molecule has 2 saturated heterocycles. The molecule has 2 aliphatic rings. The second kappa shape index (κ2) is 14.1. The molecule has 0 spiro atoms. The van der Waals surface area contributed by atoms with Crippen LogP contribution in [0.15, 0.2) is 34.5 Å². The number of nitrogens with one attached hydrogen (secondary N) is 2. The SMILES string of the molecule is CO[C@@H]1[C@H](O)[C@@H](COP(=O)(NCCCN(C)C)O[C@H]2C[C@H](n3cnc4c(N)ncnc43)O[C@@H]2CO)O[C@H]1n1ccc(=O)[nH]c1=O. The van der Waals surface area contributed by atoms with Gasteiger partial charge in [-0.25, -0.2) is 29.4 Å². The molecule has 5 rings (SSSR count). The van der Waals surface area contributed by atoms with Crippen molar-refractivity contribution in [1.82, 2.24) is 39.1 Å². The van der Waals surface area contributed by atoms with E-state index >= 15 is 0 Å². The second-order valence-electron chi connectivity index (χ2n) is 10.9. The van der Waals surface area contributed by atoms with Crippen molar-refractivity contribution in [2.24, 2.45) is 0 Å². The number of methoxy groups -OCH3 is 1. The Labute approximate surface area is 256 Å². The number of rotatable bonds is 14. The number of aliphatic hydroxyl groups is 2. The topological polar surface area (TPSA) is 243 Å². The number of fused-ring (bicyclic) bond motifs is 1. The number of nitrogen functional groups attached to an aromatic ring is 1. The first-order valence-electron chi connectivity index (χ1n) is 14.2. The van der Waals surface area contributed by atoms with Gasteiger partial charge in [-0.15, -0.1) is 0 Å². The van der Waals surface area contributed by atoms with Gasteiger partial charge in [-0.05, 0) is 27.1 Å². The van der Waals surface area contributed by atoms with Crippen LogP contribution in [0.1, 0.15) is 25.3 Å². The van der Waals surface area contributed by atoms with Crippen molar-refractivity contribution in [1.29, 1.82) is 0 Å². The molecule has 20 heteroatoms. The highest BCUT2D eigenvalue weighted by Gasteiger charge is 2.47. The van der Waals surface area contributed by atoms with Gasteiger partial charge >= 0.3 is 13.4 Å². The van der Waals surface area contributed by atoms with Gasteiger partial charge in [0.05, 0.1) is 19.5 Å². The van der Waals surface area contributed by atoms with Gasteiger partial charge in [-0.2, -0.15) is 0 Å². The molecule has 19 nitrogen and oxygen atoms in total. The Hall–Kier alpha value is -3.10. The molecule has 0 amide bonds. The van der Waals surface area contributed by atoms with Crippen LogP contribution >= 0.6 is 7.75 Å². The van der Waals surface area contributed by atoms with Crippen molar-refractivity contribution in [2.75, 3.05) is 53.2 Å². The molecule has 3 aromatic heterocycles. The summed E-state index contributed by atoms with van der Waals surface area (Å²) in [5.41, 5.74) is 5.36. The molecular weight excluding hydrogens is 617 g/mol. The molecule has 45 heavy (non-hydrogen) atoms. The van der Waals surface area contributed by atoms with Gasteiger partial charge in [0.2, 0.25) is 0 Å². The van der Waals surface area contributed by atoms with Gasteiger partial charge in [0.25, 0.3) is 5.56 Å². The van der Waals surface area contributed by atoms with E-state index in [1.807, 2.05) is 19.0 Å². The number of imidazole rings is 1. The summed E-state index contributed by atoms with van der Waals surface area (Å²) in [4.78, 5) is 40.5. The first kappa shape index (κ1) is 33.3. The Morgan fingerprint density at radius 2 is 2.02 bits per heavy atom. The Kier molecular flexibility index (Phi) is 10.4. The normalized spacial score (nSPS) is 28.3. The van der Waals surface area contributed by atoms with E-state index in [1.54, 1.807) is 4.57 Å². The third-order valence-electron chi connectivity index (χ3n) is 7.54. The standard InChI is InChI=1S/C25H38N9O10P/c1-32(2)7-4-6-30-45(39,41-11-16-20(37)21(40-3)24(43-16)33-8-5-17(36)31-25(33)38)44-14-9-18(42-15(14)10-35)34-13-29-19-22(26)27-12-28-23(19)34/h5,8,12-16,18,20-21,24,35,37H,4,6-7,9-11H2,1-3H3,(H,30,39)(H2,26,27,28)(H,31,36,38)/t14-,15+,16+,18+,20+,21+,24+,45?/m0/s1. The van der Waals surface area contributed by atoms with Crippen LogP contribution in [0.2, 0.25) is 0 Å². The van der Waals surface area contributed by atoms with E-state index in [0.717, 1.165) is 10.6 Å². The van der Waals surface area contributed by atoms with Crippen molar-refractivity contribution in [3.63, 3.8) is 0 Å². The summed E-state index contributed by atoms with van der Waals surface area (Å²) in [5, 5.41) is 23.9. The summed E-state index contributed by atoms with van der Waals surface area (Å²) in [5.74, 6) is 0.197. The third kappa shape index (κ3) is 7.33. The van der Waals surface area contributed by atoms with Crippen molar-refractivity contribution < 1.29 is 38.0 Å². The van der Waals surface area contributed by atoms with E-state index in [9.17, 15) is 24.4 Å². The highest BCUT2D eigenvalue weighted by atomic mass is 31.2. The van der Waals surface area contributed by atoms with Crippen LogP contribution in [0.25, 0.3) is 11.2 Å². The Balaban J connectivity index is 1.32. The van der Waals surface area contributed by atoms with E-state index in [1.165, 1.54) is 26.0 Å². The first-order chi connectivity index (χ1) is 21.5. The minimum Gasteiger partial charge on any atom is -0.394 e. The molecule has 0 bridgehead atoms. The van der Waals surface area contributed by atoms with Crippen LogP contribution < -0.4 is 22.1 Å². The molecule has 0 saturated carbocycles. The van der Waals surface area contributed by atoms with Gasteiger partial charge in [0.15, 0.2) is 17.7 Å². The van der Waals surface area contributed by atoms with Crippen LogP contribution in [0.4, 0.5) is 5.82 Å². The van der Waals surface area contributed by atoms with E-state index in [4.69, 9.17) is 29.0 Å². The largest absolute Gasteiger partial charge is 0.405 e. The average Bonchev–Trinajstić information content (AvgIpc) is 3.69. The highest BCUT2D eigenvalue weighted by Crippen LogP contribution is 2.49. The lowest BCUT2D eigenvalue weighted by Crippen LogP contribution is -2.39. The summed E-state index contributed by atoms with van der Waals surface area (Å²) < 4.78 is 46.0. The smallest absolute Gasteiger partial charge is 0.394 e. The van der Waals surface area contributed by atoms with Crippen LogP contribution in [-0.2, 0) is 27.8 Å². The summed E-state index contributed by atoms with van der Waals surface area (Å²) >= 11 is 0. The minimum absolute atomic E-state index is 0.152. The van der Waals surface area contributed by atoms with Gasteiger partial charge in [0, 0.05) is 32.3 Å². The molecular formula is C25H38N9O10P.